The summed E-state index contributed by atoms with van der Waals surface area (Å²) < 4.78 is 0. The maximum Gasteiger partial charge on any atom is 0.253 e. The molecule has 0 unspecified atom stereocenters. The summed E-state index contributed by atoms with van der Waals surface area (Å²) in [4.78, 5) is 24.0. The third-order valence-corrected chi connectivity index (χ3v) is 3.15. The van der Waals surface area contributed by atoms with Crippen LogP contribution in [0.15, 0.2) is 23.4 Å². The van der Waals surface area contributed by atoms with E-state index in [1.165, 1.54) is 0 Å². The molecule has 0 spiro atoms. The average molecular weight is 247 g/mol. The van der Waals surface area contributed by atoms with Gasteiger partial charge in [-0.25, -0.2) is 0 Å². The molecule has 5 nitrogen and oxygen atoms in total. The van der Waals surface area contributed by atoms with Gasteiger partial charge in [-0.2, -0.15) is 5.10 Å². The number of carbonyl (C=O) groups excluding carboxylic acids is 2. The number of rotatable bonds is 4. The normalized spacial score (nSPS) is 15.6. The number of nitrogens with one attached hydrogen (secondary N) is 2. The lowest BCUT2D eigenvalue weighted by Crippen LogP contribution is -2.21. The molecule has 0 fully saturated rings. The molecule has 18 heavy (non-hydrogen) atoms. The van der Waals surface area contributed by atoms with Crippen molar-refractivity contribution in [1.82, 2.24) is 10.2 Å². The molecule has 1 aromatic heterocycles. The summed E-state index contributed by atoms with van der Waals surface area (Å²) in [6.07, 6.45) is 5.38. The summed E-state index contributed by atoms with van der Waals surface area (Å²) in [5.74, 6) is 0.460. The van der Waals surface area contributed by atoms with Crippen LogP contribution in [-0.4, -0.2) is 21.9 Å². The van der Waals surface area contributed by atoms with Crippen LogP contribution in [0.25, 0.3) is 0 Å². The molecule has 0 saturated heterocycles. The number of H-pyrrole nitrogens is 1. The van der Waals surface area contributed by atoms with Crippen molar-refractivity contribution < 1.29 is 9.59 Å². The van der Waals surface area contributed by atoms with Gasteiger partial charge in [-0.1, -0.05) is 6.92 Å². The van der Waals surface area contributed by atoms with Crippen LogP contribution in [0.4, 0.5) is 5.82 Å². The van der Waals surface area contributed by atoms with Crippen LogP contribution in [-0.2, 0) is 9.59 Å². The number of aromatic nitrogens is 2. The van der Waals surface area contributed by atoms with Crippen molar-refractivity contribution in [2.45, 2.75) is 39.0 Å². The number of nitrogens with zero attached hydrogens (tertiary/aromatic N) is 1. The van der Waals surface area contributed by atoms with Gasteiger partial charge in [0, 0.05) is 23.6 Å². The van der Waals surface area contributed by atoms with Crippen molar-refractivity contribution in [3.05, 3.63) is 23.4 Å². The molecule has 0 bridgehead atoms. The SMILES string of the molecule is CCC(=O)C1=C(C(=O)Nc2ccn[nH]2)CCCC1. The first-order chi connectivity index (χ1) is 8.72. The Morgan fingerprint density at radius 1 is 1.33 bits per heavy atom. The number of ketones is 1. The van der Waals surface area contributed by atoms with E-state index < -0.39 is 0 Å². The Labute approximate surface area is 106 Å². The summed E-state index contributed by atoms with van der Waals surface area (Å²) in [7, 11) is 0. The molecule has 2 N–H and O–H groups in total. The number of carbonyl (C=O) groups is 2. The molecule has 5 heteroatoms. The van der Waals surface area contributed by atoms with Crippen molar-refractivity contribution in [2.24, 2.45) is 0 Å². The van der Waals surface area contributed by atoms with E-state index in [0.717, 1.165) is 19.3 Å². The minimum atomic E-state index is -0.184. The molecule has 1 amide bonds. The van der Waals surface area contributed by atoms with E-state index in [0.29, 0.717) is 29.8 Å². The monoisotopic (exact) mass is 247 g/mol. The van der Waals surface area contributed by atoms with Crippen LogP contribution >= 0.6 is 0 Å². The van der Waals surface area contributed by atoms with E-state index in [-0.39, 0.29) is 11.7 Å². The first-order valence-electron chi connectivity index (χ1n) is 6.28. The molecule has 1 aliphatic rings. The Morgan fingerprint density at radius 2 is 2.06 bits per heavy atom. The number of hydrogen-bond acceptors (Lipinski definition) is 3. The predicted octanol–water partition coefficient (Wildman–Crippen LogP) is 2.20. The molecule has 0 saturated carbocycles. The van der Waals surface area contributed by atoms with Gasteiger partial charge in [-0.05, 0) is 25.7 Å². The molecular weight excluding hydrogens is 230 g/mol. The Kier molecular flexibility index (Phi) is 3.92. The van der Waals surface area contributed by atoms with Crippen LogP contribution in [0.2, 0.25) is 0 Å². The van der Waals surface area contributed by atoms with Crippen molar-refractivity contribution in [3.63, 3.8) is 0 Å². The molecule has 96 valence electrons. The summed E-state index contributed by atoms with van der Waals surface area (Å²) in [6, 6.07) is 1.68. The Bertz CT molecular complexity index is 474. The van der Waals surface area contributed by atoms with Crippen LogP contribution in [0.1, 0.15) is 39.0 Å². The molecule has 2 rings (SSSR count). The van der Waals surface area contributed by atoms with Crippen LogP contribution in [0.3, 0.4) is 0 Å². The van der Waals surface area contributed by atoms with Crippen molar-refractivity contribution in [3.8, 4) is 0 Å². The van der Waals surface area contributed by atoms with E-state index in [1.807, 2.05) is 6.92 Å². The zero-order valence-corrected chi connectivity index (χ0v) is 10.5. The highest BCUT2D eigenvalue weighted by Crippen LogP contribution is 2.27. The molecule has 1 aromatic rings. The zero-order valence-electron chi connectivity index (χ0n) is 10.5. The molecule has 0 aromatic carbocycles. The molecule has 1 heterocycles. The van der Waals surface area contributed by atoms with Crippen LogP contribution < -0.4 is 5.32 Å². The van der Waals surface area contributed by atoms with Gasteiger partial charge in [0.25, 0.3) is 5.91 Å². The summed E-state index contributed by atoms with van der Waals surface area (Å²) >= 11 is 0. The summed E-state index contributed by atoms with van der Waals surface area (Å²) in [5.41, 5.74) is 1.35. The smallest absolute Gasteiger partial charge is 0.253 e. The number of Topliss-reactive ketones (excluding diaryl/α,β-unsaturated/α-hetero) is 1. The van der Waals surface area contributed by atoms with Gasteiger partial charge in [0.15, 0.2) is 5.78 Å². The largest absolute Gasteiger partial charge is 0.307 e. The van der Waals surface area contributed by atoms with Crippen molar-refractivity contribution >= 4 is 17.5 Å². The standard InChI is InChI=1S/C13H17N3O2/c1-2-11(17)9-5-3-4-6-10(9)13(18)15-12-7-8-14-16-12/h7-8H,2-6H2,1H3,(H2,14,15,16,18). The van der Waals surface area contributed by atoms with E-state index in [9.17, 15) is 9.59 Å². The summed E-state index contributed by atoms with van der Waals surface area (Å²) in [5, 5.41) is 9.18. The van der Waals surface area contributed by atoms with E-state index >= 15 is 0 Å². The quantitative estimate of drug-likeness (QED) is 0.856. The van der Waals surface area contributed by atoms with Gasteiger partial charge in [0.1, 0.15) is 5.82 Å². The van der Waals surface area contributed by atoms with Crippen molar-refractivity contribution in [1.29, 1.82) is 0 Å². The third kappa shape index (κ3) is 2.67. The molecule has 0 atom stereocenters. The maximum atomic E-state index is 12.1. The fourth-order valence-corrected chi connectivity index (χ4v) is 2.20. The molecule has 0 aliphatic heterocycles. The molecule has 1 aliphatic carbocycles. The van der Waals surface area contributed by atoms with Crippen LogP contribution in [0, 0.1) is 0 Å². The lowest BCUT2D eigenvalue weighted by molar-refractivity contribution is -0.117. The highest BCUT2D eigenvalue weighted by molar-refractivity contribution is 6.10. The first-order valence-corrected chi connectivity index (χ1v) is 6.28. The van der Waals surface area contributed by atoms with Gasteiger partial charge < -0.3 is 5.32 Å². The molecule has 0 radical (unpaired) electrons. The van der Waals surface area contributed by atoms with Gasteiger partial charge in [0.05, 0.1) is 6.20 Å². The van der Waals surface area contributed by atoms with Gasteiger partial charge in [0.2, 0.25) is 0 Å². The first kappa shape index (κ1) is 12.5. The number of hydrogen-bond donors (Lipinski definition) is 2. The lowest BCUT2D eigenvalue weighted by atomic mass is 9.88. The number of anilines is 1. The third-order valence-electron chi connectivity index (χ3n) is 3.15. The minimum Gasteiger partial charge on any atom is -0.307 e. The fourth-order valence-electron chi connectivity index (χ4n) is 2.20. The Morgan fingerprint density at radius 3 is 2.67 bits per heavy atom. The minimum absolute atomic E-state index is 0.0875. The van der Waals surface area contributed by atoms with Gasteiger partial charge in [-0.15, -0.1) is 0 Å². The number of aromatic amines is 1. The van der Waals surface area contributed by atoms with E-state index in [2.05, 4.69) is 15.5 Å². The lowest BCUT2D eigenvalue weighted by Gasteiger charge is -2.18. The van der Waals surface area contributed by atoms with E-state index in [1.54, 1.807) is 12.3 Å². The Balaban J connectivity index is 2.19. The van der Waals surface area contributed by atoms with Crippen LogP contribution in [0.5, 0.6) is 0 Å². The van der Waals surface area contributed by atoms with Gasteiger partial charge >= 0.3 is 0 Å². The van der Waals surface area contributed by atoms with E-state index in [4.69, 9.17) is 0 Å². The fraction of sp³-hybridized carbons (Fsp3) is 0.462. The highest BCUT2D eigenvalue weighted by atomic mass is 16.2. The second kappa shape index (κ2) is 5.62. The van der Waals surface area contributed by atoms with Crippen molar-refractivity contribution in [2.75, 3.05) is 5.32 Å². The maximum absolute atomic E-state index is 12.1. The highest BCUT2D eigenvalue weighted by Gasteiger charge is 2.22. The number of allylic oxidation sites excluding steroid dienone is 1. The topological polar surface area (TPSA) is 74.8 Å². The Hall–Kier alpha value is -1.91. The summed E-state index contributed by atoms with van der Waals surface area (Å²) in [6.45, 7) is 1.83. The van der Waals surface area contributed by atoms with Gasteiger partial charge in [-0.3, -0.25) is 14.7 Å². The second-order valence-corrected chi connectivity index (χ2v) is 4.37. The predicted molar refractivity (Wildman–Crippen MR) is 68.0 cm³/mol. The zero-order chi connectivity index (χ0) is 13.0. The second-order valence-electron chi connectivity index (χ2n) is 4.37. The number of amides is 1. The molecular formula is C13H17N3O2. The average Bonchev–Trinajstić information content (AvgIpc) is 2.90.